The molecule has 2 unspecified atom stereocenters. The maximum atomic E-state index is 11.0. The smallest absolute Gasteiger partial charge is 0.221 e. The summed E-state index contributed by atoms with van der Waals surface area (Å²) < 4.78 is 0. The van der Waals surface area contributed by atoms with Crippen LogP contribution in [0.4, 0.5) is 0 Å². The van der Waals surface area contributed by atoms with Gasteiger partial charge in [-0.15, -0.1) is 0 Å². The molecule has 4 nitrogen and oxygen atoms in total. The molecule has 4 heteroatoms. The Balaban J connectivity index is 1.97. The minimum Gasteiger partial charge on any atom is -0.369 e. The predicted octanol–water partition coefficient (Wildman–Crippen LogP) is -0.844. The van der Waals surface area contributed by atoms with Crippen molar-refractivity contribution in [2.75, 3.05) is 26.2 Å². The van der Waals surface area contributed by atoms with Crippen LogP contribution in [0.3, 0.4) is 0 Å². The van der Waals surface area contributed by atoms with Crippen molar-refractivity contribution in [3.8, 4) is 0 Å². The molecule has 0 aromatic rings. The van der Waals surface area contributed by atoms with Crippen molar-refractivity contribution in [1.82, 2.24) is 10.2 Å². The molecule has 1 amide bonds. The molecule has 13 heavy (non-hydrogen) atoms. The molecule has 0 bridgehead atoms. The lowest BCUT2D eigenvalue weighted by Crippen LogP contribution is -2.32. The van der Waals surface area contributed by atoms with Crippen molar-refractivity contribution < 1.29 is 4.79 Å². The SMILES string of the molecule is NC(=O)C1CC2CCNCCN2C1. The number of nitrogens with one attached hydrogen (secondary N) is 1. The highest BCUT2D eigenvalue weighted by atomic mass is 16.1. The molecule has 2 saturated heterocycles. The third-order valence-corrected chi connectivity index (χ3v) is 3.16. The van der Waals surface area contributed by atoms with Crippen molar-refractivity contribution in [3.63, 3.8) is 0 Å². The highest BCUT2D eigenvalue weighted by Gasteiger charge is 2.34. The van der Waals surface area contributed by atoms with Gasteiger partial charge in [0.1, 0.15) is 0 Å². The highest BCUT2D eigenvalue weighted by molar-refractivity contribution is 5.77. The Bertz CT molecular complexity index is 193. The summed E-state index contributed by atoms with van der Waals surface area (Å²) in [5.41, 5.74) is 5.31. The number of primary amides is 1. The number of hydrogen-bond acceptors (Lipinski definition) is 3. The summed E-state index contributed by atoms with van der Waals surface area (Å²) in [7, 11) is 0. The molecule has 2 rings (SSSR count). The molecule has 0 radical (unpaired) electrons. The summed E-state index contributed by atoms with van der Waals surface area (Å²) in [4.78, 5) is 13.4. The van der Waals surface area contributed by atoms with Gasteiger partial charge in [-0.2, -0.15) is 0 Å². The molecule has 0 aromatic carbocycles. The van der Waals surface area contributed by atoms with Crippen LogP contribution in [0.1, 0.15) is 12.8 Å². The van der Waals surface area contributed by atoms with Gasteiger partial charge in [0.05, 0.1) is 5.92 Å². The standard InChI is InChI=1S/C9H17N3O/c10-9(13)7-5-8-1-2-11-3-4-12(8)6-7/h7-8,11H,1-6H2,(H2,10,13). The third-order valence-electron chi connectivity index (χ3n) is 3.16. The molecule has 0 saturated carbocycles. The van der Waals surface area contributed by atoms with Crippen LogP contribution in [0.15, 0.2) is 0 Å². The topological polar surface area (TPSA) is 58.4 Å². The molecule has 2 heterocycles. The maximum Gasteiger partial charge on any atom is 0.221 e. The Morgan fingerprint density at radius 1 is 1.46 bits per heavy atom. The first-order chi connectivity index (χ1) is 6.27. The number of amides is 1. The zero-order valence-electron chi connectivity index (χ0n) is 7.83. The van der Waals surface area contributed by atoms with E-state index >= 15 is 0 Å². The Labute approximate surface area is 78.5 Å². The van der Waals surface area contributed by atoms with Crippen molar-refractivity contribution in [1.29, 1.82) is 0 Å². The van der Waals surface area contributed by atoms with E-state index < -0.39 is 0 Å². The van der Waals surface area contributed by atoms with Gasteiger partial charge in [0.25, 0.3) is 0 Å². The van der Waals surface area contributed by atoms with Gasteiger partial charge in [0.2, 0.25) is 5.91 Å². The summed E-state index contributed by atoms with van der Waals surface area (Å²) in [6.45, 7) is 4.06. The molecule has 2 atom stereocenters. The van der Waals surface area contributed by atoms with Crippen LogP contribution in [-0.2, 0) is 4.79 Å². The van der Waals surface area contributed by atoms with Crippen LogP contribution in [0.25, 0.3) is 0 Å². The quantitative estimate of drug-likeness (QED) is 0.557. The monoisotopic (exact) mass is 183 g/mol. The maximum absolute atomic E-state index is 11.0. The van der Waals surface area contributed by atoms with Crippen LogP contribution in [0, 0.1) is 5.92 Å². The van der Waals surface area contributed by atoms with Gasteiger partial charge in [-0.1, -0.05) is 0 Å². The average Bonchev–Trinajstić information content (AvgIpc) is 2.38. The van der Waals surface area contributed by atoms with E-state index in [0.29, 0.717) is 6.04 Å². The fourth-order valence-corrected chi connectivity index (χ4v) is 2.38. The van der Waals surface area contributed by atoms with Gasteiger partial charge in [-0.3, -0.25) is 9.69 Å². The Kier molecular flexibility index (Phi) is 2.51. The van der Waals surface area contributed by atoms with Gasteiger partial charge in [0.15, 0.2) is 0 Å². The summed E-state index contributed by atoms with van der Waals surface area (Å²) in [5.74, 6) is -0.0240. The average molecular weight is 183 g/mol. The van der Waals surface area contributed by atoms with Crippen LogP contribution in [-0.4, -0.2) is 43.0 Å². The highest BCUT2D eigenvalue weighted by Crippen LogP contribution is 2.25. The van der Waals surface area contributed by atoms with Crippen molar-refractivity contribution in [2.45, 2.75) is 18.9 Å². The van der Waals surface area contributed by atoms with Gasteiger partial charge in [-0.25, -0.2) is 0 Å². The lowest BCUT2D eigenvalue weighted by molar-refractivity contribution is -0.121. The van der Waals surface area contributed by atoms with E-state index in [1.54, 1.807) is 0 Å². The van der Waals surface area contributed by atoms with E-state index in [2.05, 4.69) is 10.2 Å². The van der Waals surface area contributed by atoms with Crippen LogP contribution >= 0.6 is 0 Å². The third kappa shape index (κ3) is 1.84. The van der Waals surface area contributed by atoms with Crippen LogP contribution in [0.2, 0.25) is 0 Å². The van der Waals surface area contributed by atoms with Crippen LogP contribution in [0.5, 0.6) is 0 Å². The molecule has 0 aromatic heterocycles. The molecule has 3 N–H and O–H groups in total. The second-order valence-corrected chi connectivity index (χ2v) is 4.02. The minimum absolute atomic E-state index is 0.100. The van der Waals surface area contributed by atoms with E-state index in [1.807, 2.05) is 0 Å². The lowest BCUT2D eigenvalue weighted by atomic mass is 10.0. The van der Waals surface area contributed by atoms with Gasteiger partial charge >= 0.3 is 0 Å². The fraction of sp³-hybridized carbons (Fsp3) is 0.889. The Hall–Kier alpha value is -0.610. The zero-order valence-corrected chi connectivity index (χ0v) is 7.83. The number of nitrogens with two attached hydrogens (primary N) is 1. The second kappa shape index (κ2) is 3.64. The number of carbonyl (C=O) groups excluding carboxylic acids is 1. The van der Waals surface area contributed by atoms with E-state index in [9.17, 15) is 4.79 Å². The zero-order chi connectivity index (χ0) is 9.26. The van der Waals surface area contributed by atoms with Gasteiger partial charge < -0.3 is 11.1 Å². The molecular formula is C9H17N3O. The minimum atomic E-state index is -0.124. The van der Waals surface area contributed by atoms with Crippen molar-refractivity contribution in [2.24, 2.45) is 11.7 Å². The van der Waals surface area contributed by atoms with E-state index in [-0.39, 0.29) is 11.8 Å². The Morgan fingerprint density at radius 2 is 2.31 bits per heavy atom. The fourth-order valence-electron chi connectivity index (χ4n) is 2.38. The van der Waals surface area contributed by atoms with E-state index in [1.165, 1.54) is 0 Å². The first-order valence-electron chi connectivity index (χ1n) is 5.01. The number of fused-ring (bicyclic) bond motifs is 1. The summed E-state index contributed by atoms with van der Waals surface area (Å²) in [5, 5.41) is 3.36. The Morgan fingerprint density at radius 3 is 3.08 bits per heavy atom. The molecule has 0 spiro atoms. The molecular weight excluding hydrogens is 166 g/mol. The number of hydrogen-bond donors (Lipinski definition) is 2. The van der Waals surface area contributed by atoms with E-state index in [0.717, 1.165) is 39.0 Å². The van der Waals surface area contributed by atoms with Crippen molar-refractivity contribution in [3.05, 3.63) is 0 Å². The second-order valence-electron chi connectivity index (χ2n) is 4.02. The summed E-state index contributed by atoms with van der Waals surface area (Å²) in [6, 6.07) is 0.590. The largest absolute Gasteiger partial charge is 0.369 e. The van der Waals surface area contributed by atoms with Crippen molar-refractivity contribution >= 4 is 5.91 Å². The number of nitrogens with zero attached hydrogens (tertiary/aromatic N) is 1. The lowest BCUT2D eigenvalue weighted by Gasteiger charge is -2.19. The van der Waals surface area contributed by atoms with Gasteiger partial charge in [-0.05, 0) is 19.4 Å². The predicted molar refractivity (Wildman–Crippen MR) is 50.1 cm³/mol. The van der Waals surface area contributed by atoms with Gasteiger partial charge in [0, 0.05) is 25.7 Å². The molecule has 2 aliphatic heterocycles. The summed E-state index contributed by atoms with van der Waals surface area (Å²) in [6.07, 6.45) is 2.13. The first-order valence-corrected chi connectivity index (χ1v) is 5.01. The molecule has 2 fully saturated rings. The molecule has 0 aliphatic carbocycles. The summed E-state index contributed by atoms with van der Waals surface area (Å²) >= 11 is 0. The molecule has 74 valence electrons. The normalized spacial score (nSPS) is 35.4. The van der Waals surface area contributed by atoms with Crippen LogP contribution < -0.4 is 11.1 Å². The first kappa shape index (κ1) is 8.97. The number of carbonyl (C=O) groups is 1. The van der Waals surface area contributed by atoms with E-state index in [4.69, 9.17) is 5.73 Å². The molecule has 2 aliphatic rings. The number of rotatable bonds is 1.